The lowest BCUT2D eigenvalue weighted by Gasteiger charge is -2.34. The molecule has 0 fully saturated rings. The van der Waals surface area contributed by atoms with Crippen LogP contribution in [0.3, 0.4) is 0 Å². The van der Waals surface area contributed by atoms with Crippen molar-refractivity contribution in [3.05, 3.63) is 130 Å². The van der Waals surface area contributed by atoms with Gasteiger partial charge in [0.05, 0.1) is 10.6 Å². The minimum Gasteiger partial charge on any atom is -0.357 e. The van der Waals surface area contributed by atoms with E-state index in [2.05, 4.69) is 5.32 Å². The van der Waals surface area contributed by atoms with Crippen molar-refractivity contribution in [1.29, 1.82) is 0 Å². The Bertz CT molecular complexity index is 1670. The first kappa shape index (κ1) is 32.1. The summed E-state index contributed by atoms with van der Waals surface area (Å²) < 4.78 is 29.3. The summed E-state index contributed by atoms with van der Waals surface area (Å²) in [5, 5.41) is 3.42. The van der Waals surface area contributed by atoms with Crippen molar-refractivity contribution < 1.29 is 18.0 Å². The molecule has 0 spiro atoms. The van der Waals surface area contributed by atoms with Gasteiger partial charge < -0.3 is 10.2 Å². The number of rotatable bonds is 12. The number of halogens is 2. The van der Waals surface area contributed by atoms with Gasteiger partial charge in [0, 0.05) is 30.1 Å². The minimum atomic E-state index is -4.17. The summed E-state index contributed by atoms with van der Waals surface area (Å²) in [7, 11) is -2.67. The number of benzene rings is 4. The van der Waals surface area contributed by atoms with E-state index in [1.54, 1.807) is 48.5 Å². The second-order valence-corrected chi connectivity index (χ2v) is 12.6. The number of nitrogens with one attached hydrogen (secondary N) is 1. The van der Waals surface area contributed by atoms with Crippen molar-refractivity contribution in [2.75, 3.05) is 17.9 Å². The molecular weight excluding hydrogens is 605 g/mol. The Morgan fingerprint density at radius 1 is 0.837 bits per heavy atom. The number of sulfonamides is 1. The van der Waals surface area contributed by atoms with Crippen molar-refractivity contribution >= 4 is 50.7 Å². The highest BCUT2D eigenvalue weighted by Crippen LogP contribution is 2.29. The van der Waals surface area contributed by atoms with Crippen molar-refractivity contribution in [3.8, 4) is 0 Å². The Labute approximate surface area is 263 Å². The van der Waals surface area contributed by atoms with Crippen LogP contribution in [-0.4, -0.2) is 44.8 Å². The largest absolute Gasteiger partial charge is 0.357 e. The fraction of sp³-hybridized carbons (Fsp3) is 0.212. The molecule has 0 bridgehead atoms. The van der Waals surface area contributed by atoms with Gasteiger partial charge in [0.25, 0.3) is 10.0 Å². The van der Waals surface area contributed by atoms with E-state index in [9.17, 15) is 18.0 Å². The van der Waals surface area contributed by atoms with Gasteiger partial charge in [-0.05, 0) is 53.4 Å². The average Bonchev–Trinajstić information content (AvgIpc) is 3.02. The normalized spacial score (nSPS) is 11.9. The molecule has 4 aromatic carbocycles. The lowest BCUT2D eigenvalue weighted by molar-refractivity contribution is -0.139. The van der Waals surface area contributed by atoms with E-state index in [1.807, 2.05) is 49.4 Å². The lowest BCUT2D eigenvalue weighted by Crippen LogP contribution is -2.53. The quantitative estimate of drug-likeness (QED) is 0.202. The van der Waals surface area contributed by atoms with Crippen LogP contribution < -0.4 is 9.62 Å². The van der Waals surface area contributed by atoms with Gasteiger partial charge in [-0.2, -0.15) is 0 Å². The molecular formula is C33H33Cl2N3O4S. The molecule has 1 N–H and O–H groups in total. The summed E-state index contributed by atoms with van der Waals surface area (Å²) in [5.41, 5.74) is 2.55. The van der Waals surface area contributed by atoms with Gasteiger partial charge in [-0.15, -0.1) is 0 Å². The smallest absolute Gasteiger partial charge is 0.264 e. The van der Waals surface area contributed by atoms with E-state index >= 15 is 0 Å². The van der Waals surface area contributed by atoms with Crippen LogP contribution in [0.25, 0.3) is 0 Å². The van der Waals surface area contributed by atoms with Gasteiger partial charge in [-0.1, -0.05) is 103 Å². The molecule has 7 nitrogen and oxygen atoms in total. The van der Waals surface area contributed by atoms with Crippen molar-refractivity contribution in [2.45, 2.75) is 37.2 Å². The van der Waals surface area contributed by atoms with Gasteiger partial charge in [0.1, 0.15) is 12.6 Å². The SMILES string of the molecule is CCc1ccccc1N(CC(=O)N(Cc1ccc(Cl)cc1Cl)[C@H](Cc1ccccc1)C(=O)NC)S(=O)(=O)c1ccccc1. The summed E-state index contributed by atoms with van der Waals surface area (Å²) in [6, 6.07) is 28.3. The van der Waals surface area contributed by atoms with Crippen LogP contribution in [-0.2, 0) is 39.0 Å². The molecule has 0 aliphatic heterocycles. The number of carbonyl (C=O) groups is 2. The third-order valence-electron chi connectivity index (χ3n) is 7.12. The number of carbonyl (C=O) groups excluding carboxylic acids is 2. The number of nitrogens with zero attached hydrogens (tertiary/aromatic N) is 2. The van der Waals surface area contributed by atoms with Crippen molar-refractivity contribution in [1.82, 2.24) is 10.2 Å². The lowest BCUT2D eigenvalue weighted by atomic mass is 10.0. The predicted molar refractivity (Wildman–Crippen MR) is 172 cm³/mol. The molecule has 0 aromatic heterocycles. The monoisotopic (exact) mass is 637 g/mol. The predicted octanol–water partition coefficient (Wildman–Crippen LogP) is 6.14. The Kier molecular flexibility index (Phi) is 10.9. The summed E-state index contributed by atoms with van der Waals surface area (Å²) in [6.45, 7) is 1.33. The zero-order chi connectivity index (χ0) is 31.0. The van der Waals surface area contributed by atoms with Crippen LogP contribution >= 0.6 is 23.2 Å². The molecule has 0 saturated carbocycles. The molecule has 1 atom stereocenters. The Balaban J connectivity index is 1.83. The molecule has 10 heteroatoms. The third-order valence-corrected chi connectivity index (χ3v) is 9.49. The average molecular weight is 639 g/mol. The van der Waals surface area contributed by atoms with Crippen LogP contribution in [0.4, 0.5) is 5.69 Å². The van der Waals surface area contributed by atoms with Gasteiger partial charge in [0.15, 0.2) is 0 Å². The topological polar surface area (TPSA) is 86.8 Å². The maximum absolute atomic E-state index is 14.4. The van der Waals surface area contributed by atoms with Crippen LogP contribution in [0.1, 0.15) is 23.6 Å². The maximum atomic E-state index is 14.4. The number of hydrogen-bond donors (Lipinski definition) is 1. The Morgan fingerprint density at radius 2 is 1.47 bits per heavy atom. The second kappa shape index (κ2) is 14.6. The first-order valence-electron chi connectivity index (χ1n) is 13.8. The molecule has 0 aliphatic rings. The van der Waals surface area contributed by atoms with E-state index in [0.29, 0.717) is 27.7 Å². The van der Waals surface area contributed by atoms with Gasteiger partial charge in [0.2, 0.25) is 11.8 Å². The zero-order valence-corrected chi connectivity index (χ0v) is 26.2. The summed E-state index contributed by atoms with van der Waals surface area (Å²) in [6.07, 6.45) is 0.749. The molecule has 4 aromatic rings. The standard InChI is InChI=1S/C33H33Cl2N3O4S/c1-3-25-14-10-11-17-30(25)38(43(41,42)28-15-8-5-9-16-28)23-32(39)37(22-26-18-19-27(34)21-29(26)35)31(33(40)36-2)20-24-12-6-4-7-13-24/h4-19,21,31H,3,20,22-23H2,1-2H3,(H,36,40)/t31-/m1/s1. The van der Waals surface area contributed by atoms with Crippen LogP contribution in [0.2, 0.25) is 10.0 Å². The maximum Gasteiger partial charge on any atom is 0.264 e. The first-order chi connectivity index (χ1) is 20.6. The second-order valence-electron chi connectivity index (χ2n) is 9.88. The summed E-state index contributed by atoms with van der Waals surface area (Å²) in [5.74, 6) is -0.963. The molecule has 0 aliphatic carbocycles. The summed E-state index contributed by atoms with van der Waals surface area (Å²) >= 11 is 12.7. The van der Waals surface area contributed by atoms with Crippen LogP contribution in [0, 0.1) is 0 Å². The van der Waals surface area contributed by atoms with Gasteiger partial charge in [-0.3, -0.25) is 13.9 Å². The highest BCUT2D eigenvalue weighted by Gasteiger charge is 2.35. The number of hydrogen-bond acceptors (Lipinski definition) is 4. The molecule has 0 unspecified atom stereocenters. The number of aryl methyl sites for hydroxylation is 1. The zero-order valence-electron chi connectivity index (χ0n) is 23.9. The Hall–Kier alpha value is -3.85. The van der Waals surface area contributed by atoms with E-state index in [0.717, 1.165) is 15.4 Å². The fourth-order valence-electron chi connectivity index (χ4n) is 4.84. The van der Waals surface area contributed by atoms with Gasteiger partial charge >= 0.3 is 0 Å². The van der Waals surface area contributed by atoms with Crippen molar-refractivity contribution in [2.24, 2.45) is 0 Å². The molecule has 224 valence electrons. The third kappa shape index (κ3) is 7.76. The van der Waals surface area contributed by atoms with E-state index in [4.69, 9.17) is 23.2 Å². The van der Waals surface area contributed by atoms with Crippen LogP contribution in [0.15, 0.2) is 108 Å². The molecule has 0 saturated heterocycles. The first-order valence-corrected chi connectivity index (χ1v) is 16.0. The fourth-order valence-corrected chi connectivity index (χ4v) is 6.78. The summed E-state index contributed by atoms with van der Waals surface area (Å²) in [4.78, 5) is 29.2. The number of amides is 2. The molecule has 43 heavy (non-hydrogen) atoms. The number of para-hydroxylation sites is 1. The minimum absolute atomic E-state index is 0.0472. The molecule has 4 rings (SSSR count). The molecule has 0 heterocycles. The Morgan fingerprint density at radius 3 is 2.09 bits per heavy atom. The van der Waals surface area contributed by atoms with E-state index in [-0.39, 0.29) is 17.9 Å². The number of anilines is 1. The van der Waals surface area contributed by atoms with Crippen molar-refractivity contribution in [3.63, 3.8) is 0 Å². The number of likely N-dealkylation sites (N-methyl/N-ethyl adjacent to an activating group) is 1. The van der Waals surface area contributed by atoms with E-state index < -0.39 is 34.4 Å². The highest BCUT2D eigenvalue weighted by molar-refractivity contribution is 7.92. The van der Waals surface area contributed by atoms with E-state index in [1.165, 1.54) is 24.1 Å². The van der Waals surface area contributed by atoms with Crippen LogP contribution in [0.5, 0.6) is 0 Å². The molecule has 0 radical (unpaired) electrons. The van der Waals surface area contributed by atoms with Gasteiger partial charge in [-0.25, -0.2) is 8.42 Å². The molecule has 2 amide bonds. The highest BCUT2D eigenvalue weighted by atomic mass is 35.5.